The Morgan fingerprint density at radius 2 is 2.18 bits per heavy atom. The highest BCUT2D eigenvalue weighted by atomic mass is 35.5. The molecule has 0 unspecified atom stereocenters. The van der Waals surface area contributed by atoms with E-state index in [2.05, 4.69) is 41.7 Å². The minimum atomic E-state index is 0.331. The molecule has 0 radical (unpaired) electrons. The standard InChI is InChI=1S/C12H16ClN3S/c1-4-16(7-8(2)3)10-9-5-6-17-11(9)15-12(13)14-10/h5-6,8H,4,7H2,1-3H3. The van der Waals surface area contributed by atoms with Crippen LogP contribution in [0.25, 0.3) is 10.2 Å². The Hall–Kier alpha value is -0.870. The van der Waals surface area contributed by atoms with Crippen LogP contribution in [-0.2, 0) is 0 Å². The van der Waals surface area contributed by atoms with Crippen LogP contribution in [0.1, 0.15) is 20.8 Å². The summed E-state index contributed by atoms with van der Waals surface area (Å²) in [7, 11) is 0. The van der Waals surface area contributed by atoms with Gasteiger partial charge in [0.05, 0.1) is 5.39 Å². The van der Waals surface area contributed by atoms with E-state index in [-0.39, 0.29) is 0 Å². The summed E-state index contributed by atoms with van der Waals surface area (Å²) in [5, 5.41) is 3.46. The van der Waals surface area contributed by atoms with Gasteiger partial charge in [-0.1, -0.05) is 13.8 Å². The van der Waals surface area contributed by atoms with E-state index in [0.29, 0.717) is 11.2 Å². The quantitative estimate of drug-likeness (QED) is 0.790. The SMILES string of the molecule is CCN(CC(C)C)c1nc(Cl)nc2sccc12. The molecule has 17 heavy (non-hydrogen) atoms. The average molecular weight is 270 g/mol. The summed E-state index contributed by atoms with van der Waals surface area (Å²) in [4.78, 5) is 11.8. The van der Waals surface area contributed by atoms with Crippen LogP contribution in [0.15, 0.2) is 11.4 Å². The zero-order chi connectivity index (χ0) is 12.4. The largest absolute Gasteiger partial charge is 0.356 e. The number of hydrogen-bond acceptors (Lipinski definition) is 4. The number of thiophene rings is 1. The lowest BCUT2D eigenvalue weighted by Crippen LogP contribution is -2.28. The van der Waals surface area contributed by atoms with Crippen LogP contribution in [0.3, 0.4) is 0 Å². The van der Waals surface area contributed by atoms with E-state index >= 15 is 0 Å². The minimum absolute atomic E-state index is 0.331. The topological polar surface area (TPSA) is 29.0 Å². The highest BCUT2D eigenvalue weighted by Crippen LogP contribution is 2.29. The van der Waals surface area contributed by atoms with E-state index in [1.807, 2.05) is 5.38 Å². The van der Waals surface area contributed by atoms with Crippen LogP contribution in [0.2, 0.25) is 5.28 Å². The molecule has 2 heterocycles. The summed E-state index contributed by atoms with van der Waals surface area (Å²) in [5.41, 5.74) is 0. The molecule has 92 valence electrons. The lowest BCUT2D eigenvalue weighted by atomic mass is 10.2. The second-order valence-electron chi connectivity index (χ2n) is 4.39. The van der Waals surface area contributed by atoms with Crippen molar-refractivity contribution in [3.63, 3.8) is 0 Å². The lowest BCUT2D eigenvalue weighted by Gasteiger charge is -2.24. The van der Waals surface area contributed by atoms with Crippen LogP contribution in [0.4, 0.5) is 5.82 Å². The van der Waals surface area contributed by atoms with Gasteiger partial charge in [0.2, 0.25) is 5.28 Å². The first kappa shape index (κ1) is 12.6. The zero-order valence-electron chi connectivity index (χ0n) is 10.3. The van der Waals surface area contributed by atoms with Gasteiger partial charge >= 0.3 is 0 Å². The molecule has 0 amide bonds. The second kappa shape index (κ2) is 5.19. The van der Waals surface area contributed by atoms with Gasteiger partial charge in [0.15, 0.2) is 0 Å². The van der Waals surface area contributed by atoms with E-state index in [9.17, 15) is 0 Å². The molecule has 2 rings (SSSR count). The fourth-order valence-corrected chi connectivity index (χ4v) is 2.83. The predicted molar refractivity (Wildman–Crippen MR) is 75.2 cm³/mol. The van der Waals surface area contributed by atoms with Crippen molar-refractivity contribution in [2.45, 2.75) is 20.8 Å². The van der Waals surface area contributed by atoms with Crippen LogP contribution in [-0.4, -0.2) is 23.1 Å². The van der Waals surface area contributed by atoms with Crippen LogP contribution >= 0.6 is 22.9 Å². The fraction of sp³-hybridized carbons (Fsp3) is 0.500. The Bertz CT molecular complexity index is 509. The van der Waals surface area contributed by atoms with Crippen molar-refractivity contribution in [1.29, 1.82) is 0 Å². The molecule has 0 fully saturated rings. The van der Waals surface area contributed by atoms with Crippen LogP contribution in [0.5, 0.6) is 0 Å². The molecule has 2 aromatic rings. The normalized spacial score (nSPS) is 11.4. The van der Waals surface area contributed by atoms with Crippen molar-refractivity contribution in [2.24, 2.45) is 5.92 Å². The molecule has 2 aromatic heterocycles. The van der Waals surface area contributed by atoms with Gasteiger partial charge < -0.3 is 4.90 Å². The molecular weight excluding hydrogens is 254 g/mol. The zero-order valence-corrected chi connectivity index (χ0v) is 11.8. The molecule has 3 nitrogen and oxygen atoms in total. The Morgan fingerprint density at radius 1 is 1.41 bits per heavy atom. The number of rotatable bonds is 4. The van der Waals surface area contributed by atoms with Crippen molar-refractivity contribution < 1.29 is 0 Å². The molecule has 0 aliphatic rings. The maximum atomic E-state index is 5.98. The Balaban J connectivity index is 2.47. The van der Waals surface area contributed by atoms with Gasteiger partial charge in [0, 0.05) is 13.1 Å². The maximum Gasteiger partial charge on any atom is 0.225 e. The number of fused-ring (bicyclic) bond motifs is 1. The fourth-order valence-electron chi connectivity index (χ4n) is 1.86. The van der Waals surface area contributed by atoms with Crippen molar-refractivity contribution in [1.82, 2.24) is 9.97 Å². The smallest absolute Gasteiger partial charge is 0.225 e. The predicted octanol–water partition coefficient (Wildman–Crippen LogP) is 3.83. The molecule has 0 aromatic carbocycles. The van der Waals surface area contributed by atoms with Crippen molar-refractivity contribution >= 4 is 39.0 Å². The van der Waals surface area contributed by atoms with Gasteiger partial charge in [-0.25, -0.2) is 4.98 Å². The second-order valence-corrected chi connectivity index (χ2v) is 5.62. The third-order valence-corrected chi connectivity index (χ3v) is 3.52. The van der Waals surface area contributed by atoms with Crippen LogP contribution in [0, 0.1) is 5.92 Å². The Kier molecular flexibility index (Phi) is 3.84. The Labute approximate surface area is 110 Å². The van der Waals surface area contributed by atoms with Crippen molar-refractivity contribution in [2.75, 3.05) is 18.0 Å². The molecule has 0 bridgehead atoms. The van der Waals surface area contributed by atoms with Gasteiger partial charge in [-0.2, -0.15) is 4.98 Å². The molecule has 0 spiro atoms. The monoisotopic (exact) mass is 269 g/mol. The summed E-state index contributed by atoms with van der Waals surface area (Å²) in [6, 6.07) is 2.06. The summed E-state index contributed by atoms with van der Waals surface area (Å²) in [6.45, 7) is 8.45. The lowest BCUT2D eigenvalue weighted by molar-refractivity contribution is 0.615. The first-order valence-electron chi connectivity index (χ1n) is 5.77. The van der Waals surface area contributed by atoms with E-state index in [1.54, 1.807) is 11.3 Å². The van der Waals surface area contributed by atoms with Crippen molar-refractivity contribution in [3.05, 3.63) is 16.7 Å². The molecule has 0 N–H and O–H groups in total. The molecule has 0 atom stereocenters. The number of aromatic nitrogens is 2. The van der Waals surface area contributed by atoms with E-state index in [0.717, 1.165) is 29.1 Å². The van der Waals surface area contributed by atoms with E-state index in [1.165, 1.54) is 0 Å². The maximum absolute atomic E-state index is 5.98. The molecule has 0 saturated carbocycles. The third-order valence-electron chi connectivity index (χ3n) is 2.54. The number of halogens is 1. The highest BCUT2D eigenvalue weighted by Gasteiger charge is 2.14. The van der Waals surface area contributed by atoms with E-state index < -0.39 is 0 Å². The average Bonchev–Trinajstić information content (AvgIpc) is 2.72. The number of nitrogens with zero attached hydrogens (tertiary/aromatic N) is 3. The van der Waals surface area contributed by atoms with Crippen LogP contribution < -0.4 is 4.90 Å². The van der Waals surface area contributed by atoms with Gasteiger partial charge in [-0.3, -0.25) is 0 Å². The molecule has 0 aliphatic heterocycles. The third kappa shape index (κ3) is 2.69. The van der Waals surface area contributed by atoms with Gasteiger partial charge in [0.1, 0.15) is 10.6 Å². The van der Waals surface area contributed by atoms with E-state index in [4.69, 9.17) is 11.6 Å². The summed E-state index contributed by atoms with van der Waals surface area (Å²) < 4.78 is 0. The van der Waals surface area contributed by atoms with Gasteiger partial charge in [-0.05, 0) is 35.9 Å². The number of hydrogen-bond donors (Lipinski definition) is 0. The first-order valence-corrected chi connectivity index (χ1v) is 7.03. The molecular formula is C12H16ClN3S. The minimum Gasteiger partial charge on any atom is -0.356 e. The summed E-state index contributed by atoms with van der Waals surface area (Å²) in [6.07, 6.45) is 0. The molecule has 0 aliphatic carbocycles. The van der Waals surface area contributed by atoms with Gasteiger partial charge in [-0.15, -0.1) is 11.3 Å². The molecule has 5 heteroatoms. The van der Waals surface area contributed by atoms with Gasteiger partial charge in [0.25, 0.3) is 0 Å². The Morgan fingerprint density at radius 3 is 2.82 bits per heavy atom. The summed E-state index contributed by atoms with van der Waals surface area (Å²) in [5.74, 6) is 1.55. The highest BCUT2D eigenvalue weighted by molar-refractivity contribution is 7.16. The van der Waals surface area contributed by atoms with Crippen molar-refractivity contribution in [3.8, 4) is 0 Å². The molecule has 0 saturated heterocycles. The first-order chi connectivity index (χ1) is 8.11. The number of anilines is 1. The summed E-state index contributed by atoms with van der Waals surface area (Å²) >= 11 is 7.58.